The third-order valence-electron chi connectivity index (χ3n) is 6.39. The number of nitrogens with zero attached hydrogens (tertiary/aromatic N) is 4. The molecule has 2 heterocycles. The first-order valence-corrected chi connectivity index (χ1v) is 13.1. The first-order valence-electron chi connectivity index (χ1n) is 13.1. The van der Waals surface area contributed by atoms with Gasteiger partial charge in [-0.3, -0.25) is 4.79 Å². The fourth-order valence-electron chi connectivity index (χ4n) is 4.31. The van der Waals surface area contributed by atoms with Crippen molar-refractivity contribution in [1.82, 2.24) is 19.9 Å². The van der Waals surface area contributed by atoms with Crippen LogP contribution in [0.1, 0.15) is 54.4 Å². The Hall–Kier alpha value is -3.60. The number of benzene rings is 2. The Morgan fingerprint density at radius 3 is 2.33 bits per heavy atom. The van der Waals surface area contributed by atoms with E-state index in [1.165, 1.54) is 31.4 Å². The van der Waals surface area contributed by atoms with Crippen molar-refractivity contribution in [2.75, 3.05) is 31.6 Å². The minimum atomic E-state index is -4.57. The molecule has 0 atom stereocenters. The van der Waals surface area contributed by atoms with Crippen molar-refractivity contribution in [3.05, 3.63) is 65.5 Å². The lowest BCUT2D eigenvalue weighted by molar-refractivity contribution is -0.154. The molecule has 1 aliphatic rings. The fourth-order valence-corrected chi connectivity index (χ4v) is 4.31. The lowest BCUT2D eigenvalue weighted by Gasteiger charge is -2.26. The predicted octanol–water partition coefficient (Wildman–Crippen LogP) is 6.07. The molecule has 0 aliphatic carbocycles. The van der Waals surface area contributed by atoms with Gasteiger partial charge in [-0.25, -0.2) is 4.39 Å². The fraction of sp³-hybridized carbons (Fsp3) is 0.429. The molecule has 1 fully saturated rings. The van der Waals surface area contributed by atoms with E-state index in [-0.39, 0.29) is 29.9 Å². The van der Waals surface area contributed by atoms with Gasteiger partial charge >= 0.3 is 12.2 Å². The van der Waals surface area contributed by atoms with Crippen LogP contribution in [0.15, 0.2) is 48.5 Å². The summed E-state index contributed by atoms with van der Waals surface area (Å²) in [5.41, 5.74) is 1.75. The standard InChI is InChI=1S/C28H31F4N5O2/c29-23-13-7-20(8-14-23)18-33-26-34-25(35-27(36-26)39-19-28(30,31)32)22-11-9-21(10-12-22)24(38)6-2-5-17-37-15-3-1-4-16-37/h7-14H,1-6,15-19H2,(H,33,34,35,36). The zero-order valence-corrected chi connectivity index (χ0v) is 21.5. The van der Waals surface area contributed by atoms with E-state index in [2.05, 4.69) is 25.2 Å². The average molecular weight is 546 g/mol. The third-order valence-corrected chi connectivity index (χ3v) is 6.39. The zero-order chi connectivity index (χ0) is 27.7. The largest absolute Gasteiger partial charge is 0.454 e. The van der Waals surface area contributed by atoms with E-state index < -0.39 is 18.8 Å². The average Bonchev–Trinajstić information content (AvgIpc) is 2.94. The second-order valence-electron chi connectivity index (χ2n) is 9.51. The molecular weight excluding hydrogens is 514 g/mol. The van der Waals surface area contributed by atoms with Crippen molar-refractivity contribution in [2.45, 2.75) is 51.2 Å². The number of alkyl halides is 3. The molecule has 1 aliphatic heterocycles. The first kappa shape index (κ1) is 28.4. The minimum absolute atomic E-state index is 0.00430. The molecule has 1 aromatic heterocycles. The highest BCUT2D eigenvalue weighted by atomic mass is 19.4. The molecule has 1 N–H and O–H groups in total. The summed E-state index contributed by atoms with van der Waals surface area (Å²) in [5.74, 6) is -0.269. The summed E-state index contributed by atoms with van der Waals surface area (Å²) in [5, 5.41) is 2.91. The van der Waals surface area contributed by atoms with E-state index in [9.17, 15) is 22.4 Å². The number of ether oxygens (including phenoxy) is 1. The van der Waals surface area contributed by atoms with Gasteiger partial charge in [-0.15, -0.1) is 0 Å². The molecule has 0 amide bonds. The van der Waals surface area contributed by atoms with Crippen LogP contribution in [-0.2, 0) is 6.54 Å². The third kappa shape index (κ3) is 9.27. The Morgan fingerprint density at radius 2 is 1.64 bits per heavy atom. The predicted molar refractivity (Wildman–Crippen MR) is 139 cm³/mol. The van der Waals surface area contributed by atoms with Crippen LogP contribution >= 0.6 is 0 Å². The van der Waals surface area contributed by atoms with Gasteiger partial charge in [0.05, 0.1) is 0 Å². The van der Waals surface area contributed by atoms with Crippen molar-refractivity contribution in [3.63, 3.8) is 0 Å². The topological polar surface area (TPSA) is 80.2 Å². The van der Waals surface area contributed by atoms with E-state index >= 15 is 0 Å². The molecule has 0 unspecified atom stereocenters. The van der Waals surface area contributed by atoms with Gasteiger partial charge in [-0.1, -0.05) is 42.8 Å². The second-order valence-corrected chi connectivity index (χ2v) is 9.51. The molecule has 3 aromatic rings. The molecule has 0 bridgehead atoms. The summed E-state index contributed by atoms with van der Waals surface area (Å²) in [6, 6.07) is 11.8. The summed E-state index contributed by atoms with van der Waals surface area (Å²) in [4.78, 5) is 27.4. The highest BCUT2D eigenvalue weighted by Crippen LogP contribution is 2.23. The maximum absolute atomic E-state index is 13.2. The summed E-state index contributed by atoms with van der Waals surface area (Å²) >= 11 is 0. The lowest BCUT2D eigenvalue weighted by Crippen LogP contribution is -2.30. The number of ketones is 1. The maximum Gasteiger partial charge on any atom is 0.422 e. The number of rotatable bonds is 12. The van der Waals surface area contributed by atoms with Crippen LogP contribution < -0.4 is 10.1 Å². The monoisotopic (exact) mass is 545 g/mol. The molecule has 0 saturated carbocycles. The Morgan fingerprint density at radius 1 is 0.923 bits per heavy atom. The van der Waals surface area contributed by atoms with Gasteiger partial charge in [0.15, 0.2) is 18.2 Å². The van der Waals surface area contributed by atoms with E-state index in [1.807, 2.05) is 0 Å². The zero-order valence-electron chi connectivity index (χ0n) is 21.5. The number of likely N-dealkylation sites (tertiary alicyclic amines) is 1. The van der Waals surface area contributed by atoms with Crippen molar-refractivity contribution in [2.24, 2.45) is 0 Å². The number of piperidine rings is 1. The molecule has 11 heteroatoms. The van der Waals surface area contributed by atoms with Gasteiger partial charge < -0.3 is 15.0 Å². The normalized spacial score (nSPS) is 14.3. The van der Waals surface area contributed by atoms with Gasteiger partial charge in [-0.2, -0.15) is 28.1 Å². The SMILES string of the molecule is O=C(CCCCN1CCCCC1)c1ccc(-c2nc(NCc3ccc(F)cc3)nc(OCC(F)(F)F)n2)cc1. The van der Waals surface area contributed by atoms with Gasteiger partial charge in [0.25, 0.3) is 0 Å². The first-order chi connectivity index (χ1) is 18.7. The molecule has 0 spiro atoms. The molecule has 0 radical (unpaired) electrons. The van der Waals surface area contributed by atoms with Gasteiger partial charge in [-0.05, 0) is 63.0 Å². The number of hydrogen-bond acceptors (Lipinski definition) is 7. The number of hydrogen-bond donors (Lipinski definition) is 1. The lowest BCUT2D eigenvalue weighted by atomic mass is 10.0. The van der Waals surface area contributed by atoms with E-state index in [4.69, 9.17) is 4.74 Å². The van der Waals surface area contributed by atoms with Crippen molar-refractivity contribution >= 4 is 11.7 Å². The number of carbonyl (C=O) groups is 1. The Labute approximate surface area is 224 Å². The number of unbranched alkanes of at least 4 members (excludes halogenated alkanes) is 1. The number of carbonyl (C=O) groups excluding carboxylic acids is 1. The highest BCUT2D eigenvalue weighted by molar-refractivity contribution is 5.96. The molecule has 2 aromatic carbocycles. The second kappa shape index (κ2) is 13.5. The summed E-state index contributed by atoms with van der Waals surface area (Å²) in [6.07, 6.45) is 1.46. The molecule has 208 valence electrons. The number of anilines is 1. The Balaban J connectivity index is 1.40. The summed E-state index contributed by atoms with van der Waals surface area (Å²) in [6.45, 7) is 1.94. The minimum Gasteiger partial charge on any atom is -0.454 e. The van der Waals surface area contributed by atoms with Crippen molar-refractivity contribution in [3.8, 4) is 17.4 Å². The van der Waals surface area contributed by atoms with Crippen LogP contribution in [-0.4, -0.2) is 58.1 Å². The van der Waals surface area contributed by atoms with Gasteiger partial charge in [0, 0.05) is 24.1 Å². The van der Waals surface area contributed by atoms with E-state index in [0.29, 0.717) is 17.5 Å². The number of aromatic nitrogens is 3. The Kier molecular flexibility index (Phi) is 9.80. The van der Waals surface area contributed by atoms with E-state index in [1.54, 1.807) is 36.4 Å². The molecule has 1 saturated heterocycles. The highest BCUT2D eigenvalue weighted by Gasteiger charge is 2.29. The van der Waals surface area contributed by atoms with Crippen LogP contribution in [0.4, 0.5) is 23.5 Å². The maximum atomic E-state index is 13.2. The van der Waals surface area contributed by atoms with Crippen LogP contribution in [0.2, 0.25) is 0 Å². The number of nitrogens with one attached hydrogen (secondary N) is 1. The molecule has 4 rings (SSSR count). The van der Waals surface area contributed by atoms with Crippen LogP contribution in [0.25, 0.3) is 11.4 Å². The number of halogens is 4. The van der Waals surface area contributed by atoms with Crippen LogP contribution in [0.3, 0.4) is 0 Å². The van der Waals surface area contributed by atoms with Gasteiger partial charge in [0.2, 0.25) is 5.95 Å². The molecule has 39 heavy (non-hydrogen) atoms. The van der Waals surface area contributed by atoms with Crippen molar-refractivity contribution < 1.29 is 27.1 Å². The molecular formula is C28H31F4N5O2. The summed E-state index contributed by atoms with van der Waals surface area (Å²) in [7, 11) is 0. The smallest absolute Gasteiger partial charge is 0.422 e. The summed E-state index contributed by atoms with van der Waals surface area (Å²) < 4.78 is 56.1. The quantitative estimate of drug-likeness (QED) is 0.168. The Bertz CT molecular complexity index is 1210. The van der Waals surface area contributed by atoms with Crippen molar-refractivity contribution in [1.29, 1.82) is 0 Å². The van der Waals surface area contributed by atoms with E-state index in [0.717, 1.165) is 38.0 Å². The van der Waals surface area contributed by atoms with Crippen LogP contribution in [0.5, 0.6) is 6.01 Å². The van der Waals surface area contributed by atoms with Crippen LogP contribution in [0, 0.1) is 5.82 Å². The van der Waals surface area contributed by atoms with Gasteiger partial charge in [0.1, 0.15) is 5.82 Å². The molecule has 7 nitrogen and oxygen atoms in total. The number of Topliss-reactive ketones (excluding diaryl/α,β-unsaturated/α-hetero) is 1.